The van der Waals surface area contributed by atoms with Gasteiger partial charge in [0.1, 0.15) is 0 Å². The lowest BCUT2D eigenvalue weighted by atomic mass is 9.93. The van der Waals surface area contributed by atoms with Crippen molar-refractivity contribution in [1.82, 2.24) is 4.72 Å². The SMILES string of the molecule is Cc1cc(S(=O)(=O)NC2CCCCC2O)ccc1Br. The van der Waals surface area contributed by atoms with Crippen molar-refractivity contribution in [2.75, 3.05) is 0 Å². The predicted molar refractivity (Wildman–Crippen MR) is 77.5 cm³/mol. The van der Waals surface area contributed by atoms with Crippen LogP contribution in [0, 0.1) is 6.92 Å². The van der Waals surface area contributed by atoms with E-state index < -0.39 is 16.1 Å². The number of benzene rings is 1. The lowest BCUT2D eigenvalue weighted by Crippen LogP contribution is -2.44. The molecule has 1 aromatic carbocycles. The lowest BCUT2D eigenvalue weighted by molar-refractivity contribution is 0.101. The van der Waals surface area contributed by atoms with Crippen molar-refractivity contribution in [2.45, 2.75) is 49.6 Å². The van der Waals surface area contributed by atoms with Crippen LogP contribution >= 0.6 is 15.9 Å². The zero-order valence-electron chi connectivity index (χ0n) is 10.8. The van der Waals surface area contributed by atoms with Crippen molar-refractivity contribution in [3.8, 4) is 0 Å². The van der Waals surface area contributed by atoms with E-state index in [0.29, 0.717) is 12.8 Å². The van der Waals surface area contributed by atoms with Crippen LogP contribution in [0.5, 0.6) is 0 Å². The van der Waals surface area contributed by atoms with Gasteiger partial charge in [0.2, 0.25) is 10.0 Å². The number of nitrogens with one attached hydrogen (secondary N) is 1. The highest BCUT2D eigenvalue weighted by Gasteiger charge is 2.28. The van der Waals surface area contributed by atoms with Gasteiger partial charge >= 0.3 is 0 Å². The quantitative estimate of drug-likeness (QED) is 0.881. The average Bonchev–Trinajstić information content (AvgIpc) is 2.35. The van der Waals surface area contributed by atoms with Crippen LogP contribution in [0.1, 0.15) is 31.2 Å². The molecule has 0 spiro atoms. The fourth-order valence-corrected chi connectivity index (χ4v) is 3.94. The summed E-state index contributed by atoms with van der Waals surface area (Å²) in [6.45, 7) is 1.85. The van der Waals surface area contributed by atoms with Gasteiger partial charge in [0.25, 0.3) is 0 Å². The number of aliphatic hydroxyl groups excluding tert-OH is 1. The molecule has 1 fully saturated rings. The largest absolute Gasteiger partial charge is 0.391 e. The van der Waals surface area contributed by atoms with Gasteiger partial charge in [-0.1, -0.05) is 28.8 Å². The van der Waals surface area contributed by atoms with E-state index in [9.17, 15) is 13.5 Å². The van der Waals surface area contributed by atoms with Crippen molar-refractivity contribution in [1.29, 1.82) is 0 Å². The first-order valence-electron chi connectivity index (χ1n) is 6.37. The molecule has 0 bridgehead atoms. The summed E-state index contributed by atoms with van der Waals surface area (Å²) >= 11 is 3.35. The van der Waals surface area contributed by atoms with Gasteiger partial charge in [0, 0.05) is 10.5 Å². The maximum atomic E-state index is 12.3. The molecule has 2 rings (SSSR count). The normalized spacial score (nSPS) is 24.4. The summed E-state index contributed by atoms with van der Waals surface area (Å²) in [6, 6.07) is 4.54. The monoisotopic (exact) mass is 347 g/mol. The third-order valence-electron chi connectivity index (χ3n) is 3.48. The maximum absolute atomic E-state index is 12.3. The van der Waals surface area contributed by atoms with E-state index in [1.807, 2.05) is 6.92 Å². The summed E-state index contributed by atoms with van der Waals surface area (Å²) in [4.78, 5) is 0.242. The number of sulfonamides is 1. The Balaban J connectivity index is 2.19. The molecule has 0 aliphatic heterocycles. The Bertz CT molecular complexity index is 559. The molecule has 4 nitrogen and oxygen atoms in total. The van der Waals surface area contributed by atoms with Crippen molar-refractivity contribution in [3.05, 3.63) is 28.2 Å². The van der Waals surface area contributed by atoms with Crippen LogP contribution in [0.25, 0.3) is 0 Å². The van der Waals surface area contributed by atoms with Crippen LogP contribution in [0.3, 0.4) is 0 Å². The molecular weight excluding hydrogens is 330 g/mol. The van der Waals surface area contributed by atoms with Gasteiger partial charge in [-0.25, -0.2) is 13.1 Å². The van der Waals surface area contributed by atoms with E-state index in [-0.39, 0.29) is 10.9 Å². The Labute approximate surface area is 122 Å². The van der Waals surface area contributed by atoms with Gasteiger partial charge in [-0.2, -0.15) is 0 Å². The highest BCUT2D eigenvalue weighted by Crippen LogP contribution is 2.23. The minimum atomic E-state index is -3.56. The highest BCUT2D eigenvalue weighted by molar-refractivity contribution is 9.10. The topological polar surface area (TPSA) is 66.4 Å². The molecule has 1 aromatic rings. The summed E-state index contributed by atoms with van der Waals surface area (Å²) in [5.41, 5.74) is 0.868. The zero-order chi connectivity index (χ0) is 14.0. The fraction of sp³-hybridized carbons (Fsp3) is 0.538. The molecule has 0 aromatic heterocycles. The first-order valence-corrected chi connectivity index (χ1v) is 8.64. The molecule has 0 heterocycles. The van der Waals surface area contributed by atoms with E-state index in [2.05, 4.69) is 20.7 Å². The number of rotatable bonds is 3. The van der Waals surface area contributed by atoms with Crippen molar-refractivity contribution in [2.24, 2.45) is 0 Å². The van der Waals surface area contributed by atoms with E-state index >= 15 is 0 Å². The number of aliphatic hydroxyl groups is 1. The fourth-order valence-electron chi connectivity index (χ4n) is 2.30. The van der Waals surface area contributed by atoms with Crippen LogP contribution in [0.4, 0.5) is 0 Å². The molecular formula is C13H18BrNO3S. The molecule has 2 unspecified atom stereocenters. The molecule has 1 aliphatic carbocycles. The first-order chi connectivity index (χ1) is 8.90. The van der Waals surface area contributed by atoms with Gasteiger partial charge in [-0.15, -0.1) is 0 Å². The van der Waals surface area contributed by atoms with Crippen LogP contribution in [0.2, 0.25) is 0 Å². The maximum Gasteiger partial charge on any atom is 0.240 e. The second-order valence-electron chi connectivity index (χ2n) is 4.99. The second kappa shape index (κ2) is 5.91. The number of aryl methyl sites for hydroxylation is 1. The average molecular weight is 348 g/mol. The number of hydrogen-bond donors (Lipinski definition) is 2. The first kappa shape index (κ1) is 15.0. The number of hydrogen-bond acceptors (Lipinski definition) is 3. The molecule has 1 aliphatic rings. The Hall–Kier alpha value is -0.430. The summed E-state index contributed by atoms with van der Waals surface area (Å²) in [5, 5.41) is 9.84. The van der Waals surface area contributed by atoms with Gasteiger partial charge in [0.05, 0.1) is 11.0 Å². The van der Waals surface area contributed by atoms with E-state index in [1.54, 1.807) is 18.2 Å². The molecule has 0 saturated heterocycles. The van der Waals surface area contributed by atoms with E-state index in [0.717, 1.165) is 22.9 Å². The Morgan fingerprint density at radius 1 is 1.32 bits per heavy atom. The Kier molecular flexibility index (Phi) is 4.66. The van der Waals surface area contributed by atoms with Crippen LogP contribution < -0.4 is 4.72 Å². The van der Waals surface area contributed by atoms with Gasteiger partial charge in [-0.3, -0.25) is 0 Å². The lowest BCUT2D eigenvalue weighted by Gasteiger charge is -2.28. The molecule has 106 valence electrons. The Morgan fingerprint density at radius 2 is 2.00 bits per heavy atom. The standard InChI is InChI=1S/C13H18BrNO3S/c1-9-8-10(6-7-11(9)14)19(17,18)15-12-4-2-3-5-13(12)16/h6-8,12-13,15-16H,2-5H2,1H3. The third-order valence-corrected chi connectivity index (χ3v) is 5.85. The van der Waals surface area contributed by atoms with Gasteiger partial charge in [-0.05, 0) is 43.5 Å². The minimum absolute atomic E-state index is 0.242. The zero-order valence-corrected chi connectivity index (χ0v) is 13.2. The summed E-state index contributed by atoms with van der Waals surface area (Å²) in [6.07, 6.45) is 2.67. The van der Waals surface area contributed by atoms with Gasteiger partial charge < -0.3 is 5.11 Å². The molecule has 19 heavy (non-hydrogen) atoms. The summed E-state index contributed by atoms with van der Waals surface area (Å²) in [5.74, 6) is 0. The third kappa shape index (κ3) is 3.56. The molecule has 1 saturated carbocycles. The molecule has 6 heteroatoms. The van der Waals surface area contributed by atoms with Crippen LogP contribution in [-0.2, 0) is 10.0 Å². The van der Waals surface area contributed by atoms with Crippen molar-refractivity contribution < 1.29 is 13.5 Å². The van der Waals surface area contributed by atoms with E-state index in [4.69, 9.17) is 0 Å². The highest BCUT2D eigenvalue weighted by atomic mass is 79.9. The minimum Gasteiger partial charge on any atom is -0.391 e. The van der Waals surface area contributed by atoms with E-state index in [1.165, 1.54) is 0 Å². The van der Waals surface area contributed by atoms with Crippen molar-refractivity contribution >= 4 is 26.0 Å². The predicted octanol–water partition coefficient (Wildman–Crippen LogP) is 2.34. The molecule has 0 radical (unpaired) electrons. The van der Waals surface area contributed by atoms with Crippen molar-refractivity contribution in [3.63, 3.8) is 0 Å². The summed E-state index contributed by atoms with van der Waals surface area (Å²) in [7, 11) is -3.56. The number of halogens is 1. The van der Waals surface area contributed by atoms with Crippen LogP contribution in [0.15, 0.2) is 27.6 Å². The molecule has 2 N–H and O–H groups in total. The smallest absolute Gasteiger partial charge is 0.240 e. The molecule has 2 atom stereocenters. The Morgan fingerprint density at radius 3 is 2.63 bits per heavy atom. The molecule has 0 amide bonds. The summed E-state index contributed by atoms with van der Waals surface area (Å²) < 4.78 is 28.0. The second-order valence-corrected chi connectivity index (χ2v) is 7.56. The van der Waals surface area contributed by atoms with Gasteiger partial charge in [0.15, 0.2) is 0 Å². The van der Waals surface area contributed by atoms with Crippen LogP contribution in [-0.4, -0.2) is 25.7 Å².